The van der Waals surface area contributed by atoms with Gasteiger partial charge in [-0.15, -0.1) is 0 Å². The van der Waals surface area contributed by atoms with Crippen molar-refractivity contribution in [3.8, 4) is 5.75 Å². The molecule has 3 aromatic rings. The van der Waals surface area contributed by atoms with Crippen LogP contribution in [-0.2, 0) is 24.4 Å². The number of amides is 2. The van der Waals surface area contributed by atoms with E-state index < -0.39 is 29.2 Å². The number of carbonyl (C=O) groups excluding carboxylic acids is 2. The van der Waals surface area contributed by atoms with Crippen molar-refractivity contribution < 1.29 is 27.8 Å². The summed E-state index contributed by atoms with van der Waals surface area (Å²) in [5.41, 5.74) is -0.0897. The van der Waals surface area contributed by atoms with Gasteiger partial charge in [-0.3, -0.25) is 14.4 Å². The van der Waals surface area contributed by atoms with Crippen molar-refractivity contribution in [2.45, 2.75) is 58.2 Å². The number of halogens is 2. The van der Waals surface area contributed by atoms with Crippen LogP contribution < -0.4 is 15.5 Å². The average molecular weight is 538 g/mol. The normalized spacial score (nSPS) is 18.0. The van der Waals surface area contributed by atoms with Crippen molar-refractivity contribution in [3.63, 3.8) is 0 Å². The van der Waals surface area contributed by atoms with Crippen LogP contribution in [0.25, 0.3) is 0 Å². The third kappa shape index (κ3) is 5.42. The van der Waals surface area contributed by atoms with Gasteiger partial charge >= 0.3 is 0 Å². The second kappa shape index (κ2) is 11.4. The summed E-state index contributed by atoms with van der Waals surface area (Å²) in [6.07, 6.45) is 3.49. The summed E-state index contributed by atoms with van der Waals surface area (Å²) in [6.45, 7) is 2.45. The number of pyridine rings is 1. The highest BCUT2D eigenvalue weighted by Gasteiger charge is 2.44. The number of fused-ring (bicyclic) bond motifs is 2. The molecule has 0 aliphatic carbocycles. The topological polar surface area (TPSA) is 89.9 Å². The van der Waals surface area contributed by atoms with E-state index in [4.69, 9.17) is 9.47 Å². The lowest BCUT2D eigenvalue weighted by Crippen LogP contribution is -2.50. The van der Waals surface area contributed by atoms with Gasteiger partial charge in [-0.1, -0.05) is 56.2 Å². The van der Waals surface area contributed by atoms with Crippen molar-refractivity contribution in [1.82, 2.24) is 14.8 Å². The van der Waals surface area contributed by atoms with Crippen molar-refractivity contribution in [2.75, 3.05) is 6.61 Å². The van der Waals surface area contributed by atoms with Gasteiger partial charge in [0.2, 0.25) is 5.43 Å². The largest absolute Gasteiger partial charge is 0.483 e. The highest BCUT2D eigenvalue weighted by molar-refractivity contribution is 5.99. The third-order valence-corrected chi connectivity index (χ3v) is 7.03. The Morgan fingerprint density at radius 2 is 1.95 bits per heavy atom. The summed E-state index contributed by atoms with van der Waals surface area (Å²) >= 11 is 0. The fourth-order valence-corrected chi connectivity index (χ4v) is 4.97. The van der Waals surface area contributed by atoms with Crippen LogP contribution in [0, 0.1) is 11.6 Å². The van der Waals surface area contributed by atoms with Crippen LogP contribution in [0.15, 0.2) is 59.5 Å². The third-order valence-electron chi connectivity index (χ3n) is 7.03. The molecular weight excluding hydrogens is 508 g/mol. The first-order valence-corrected chi connectivity index (χ1v) is 13.0. The van der Waals surface area contributed by atoms with E-state index in [1.807, 2.05) is 30.3 Å². The molecule has 1 fully saturated rings. The zero-order valence-corrected chi connectivity index (χ0v) is 21.5. The van der Waals surface area contributed by atoms with Crippen LogP contribution >= 0.6 is 0 Å². The van der Waals surface area contributed by atoms with Gasteiger partial charge in [-0.05, 0) is 18.1 Å². The lowest BCUT2D eigenvalue weighted by atomic mass is 10.1. The van der Waals surface area contributed by atoms with E-state index in [-0.39, 0.29) is 54.2 Å². The van der Waals surface area contributed by atoms with Gasteiger partial charge in [-0.2, -0.15) is 0 Å². The van der Waals surface area contributed by atoms with Crippen LogP contribution in [0.3, 0.4) is 0 Å². The van der Waals surface area contributed by atoms with Crippen LogP contribution in [0.2, 0.25) is 0 Å². The maximum Gasteiger partial charge on any atom is 0.276 e. The molecule has 2 aliphatic heterocycles. The Morgan fingerprint density at radius 1 is 1.15 bits per heavy atom. The Kier molecular flexibility index (Phi) is 7.74. The fourth-order valence-electron chi connectivity index (χ4n) is 4.97. The Hall–Kier alpha value is -4.05. The molecule has 39 heavy (non-hydrogen) atoms. The van der Waals surface area contributed by atoms with Gasteiger partial charge in [0, 0.05) is 24.4 Å². The second-order valence-electron chi connectivity index (χ2n) is 9.69. The maximum absolute atomic E-state index is 14.1. The second-order valence-corrected chi connectivity index (χ2v) is 9.69. The van der Waals surface area contributed by atoms with Crippen molar-refractivity contribution in [1.29, 1.82) is 0 Å². The van der Waals surface area contributed by atoms with Gasteiger partial charge in [0.05, 0.1) is 19.2 Å². The van der Waals surface area contributed by atoms with Gasteiger partial charge in [0.1, 0.15) is 23.8 Å². The fraction of sp³-hybridized carbons (Fsp3) is 0.345. The number of unbranched alkanes of at least 4 members (excludes halogenated alkanes) is 1. The molecular formula is C29H29F2N3O5. The number of rotatable bonds is 9. The molecule has 1 saturated heterocycles. The van der Waals surface area contributed by atoms with E-state index in [0.717, 1.165) is 37.0 Å². The van der Waals surface area contributed by atoms with Crippen LogP contribution in [0.5, 0.6) is 5.75 Å². The van der Waals surface area contributed by atoms with E-state index in [1.54, 1.807) is 4.90 Å². The number of hydrogen-bond acceptors (Lipinski definition) is 5. The SMILES string of the molecule is CCCC[C@H]1CO[C@@H]2Cn3cc(C(=O)NCc4ccc(F)cc4F)c(=O)c(OCc4ccccc4)c3C(=O)N12. The first kappa shape index (κ1) is 26.6. The lowest BCUT2D eigenvalue weighted by molar-refractivity contribution is 0.00523. The number of benzene rings is 2. The molecule has 0 unspecified atom stereocenters. The van der Waals surface area contributed by atoms with Gasteiger partial charge in [0.25, 0.3) is 11.8 Å². The van der Waals surface area contributed by atoms with E-state index >= 15 is 0 Å². The number of carbonyl (C=O) groups is 2. The smallest absolute Gasteiger partial charge is 0.276 e. The first-order valence-electron chi connectivity index (χ1n) is 13.0. The highest BCUT2D eigenvalue weighted by atomic mass is 19.1. The minimum atomic E-state index is -0.814. The Balaban J connectivity index is 1.48. The molecule has 0 saturated carbocycles. The predicted octanol–water partition coefficient (Wildman–Crippen LogP) is 4.01. The molecule has 0 bridgehead atoms. The summed E-state index contributed by atoms with van der Waals surface area (Å²) in [5.74, 6) is -2.92. The Morgan fingerprint density at radius 3 is 2.69 bits per heavy atom. The highest BCUT2D eigenvalue weighted by Crippen LogP contribution is 2.32. The monoisotopic (exact) mass is 537 g/mol. The molecule has 10 heteroatoms. The summed E-state index contributed by atoms with van der Waals surface area (Å²) < 4.78 is 40.7. The minimum absolute atomic E-state index is 0.0153. The molecule has 5 rings (SSSR count). The van der Waals surface area contributed by atoms with E-state index in [2.05, 4.69) is 12.2 Å². The summed E-state index contributed by atoms with van der Waals surface area (Å²) in [6, 6.07) is 12.1. The zero-order chi connectivity index (χ0) is 27.5. The van der Waals surface area contributed by atoms with Crippen molar-refractivity contribution >= 4 is 11.8 Å². The molecule has 2 amide bonds. The Bertz CT molecular complexity index is 1440. The van der Waals surface area contributed by atoms with E-state index in [1.165, 1.54) is 16.8 Å². The molecule has 0 radical (unpaired) electrons. The van der Waals surface area contributed by atoms with Crippen molar-refractivity contribution in [3.05, 3.63) is 99.0 Å². The van der Waals surface area contributed by atoms with Crippen molar-refractivity contribution in [2.24, 2.45) is 0 Å². The van der Waals surface area contributed by atoms with Crippen LogP contribution in [0.4, 0.5) is 8.78 Å². The molecule has 2 aliphatic rings. The Labute approximate surface area is 224 Å². The minimum Gasteiger partial charge on any atom is -0.483 e. The van der Waals surface area contributed by atoms with E-state index in [9.17, 15) is 23.2 Å². The summed E-state index contributed by atoms with van der Waals surface area (Å²) in [4.78, 5) is 42.1. The maximum atomic E-state index is 14.1. The number of aromatic nitrogens is 1. The molecule has 1 aromatic heterocycles. The quantitative estimate of drug-likeness (QED) is 0.446. The molecule has 1 N–H and O–H groups in total. The van der Waals surface area contributed by atoms with Crippen LogP contribution in [-0.4, -0.2) is 40.2 Å². The molecule has 204 valence electrons. The van der Waals surface area contributed by atoms with Gasteiger partial charge in [0.15, 0.2) is 17.7 Å². The molecule has 2 atom stereocenters. The average Bonchev–Trinajstić information content (AvgIpc) is 3.34. The molecule has 8 nitrogen and oxygen atoms in total. The van der Waals surface area contributed by atoms with E-state index in [0.29, 0.717) is 6.61 Å². The number of hydrogen-bond donors (Lipinski definition) is 1. The van der Waals surface area contributed by atoms with Gasteiger partial charge < -0.3 is 24.3 Å². The molecule has 0 spiro atoms. The number of ether oxygens (including phenoxy) is 2. The molecule has 2 aromatic carbocycles. The summed E-state index contributed by atoms with van der Waals surface area (Å²) in [7, 11) is 0. The number of nitrogens with zero attached hydrogens (tertiary/aromatic N) is 2. The first-order chi connectivity index (χ1) is 18.9. The standard InChI is InChI=1S/C29H29F2N3O5/c1-2-3-9-21-17-38-24-15-33-14-22(28(36)32-13-19-10-11-20(30)12-23(19)31)26(35)27(25(33)29(37)34(21)24)39-16-18-7-5-4-6-8-18/h4-8,10-12,14,21,24H,2-3,9,13,15-17H2,1H3,(H,32,36)/t21-,24+/m0/s1. The zero-order valence-electron chi connectivity index (χ0n) is 21.5. The molecule has 3 heterocycles. The lowest BCUT2D eigenvalue weighted by Gasteiger charge is -2.35. The van der Waals surface area contributed by atoms with Crippen LogP contribution in [0.1, 0.15) is 58.2 Å². The predicted molar refractivity (Wildman–Crippen MR) is 138 cm³/mol. The summed E-state index contributed by atoms with van der Waals surface area (Å²) in [5, 5.41) is 2.52. The van der Waals surface area contributed by atoms with Gasteiger partial charge in [-0.25, -0.2) is 8.78 Å². The number of nitrogens with one attached hydrogen (secondary N) is 1.